The van der Waals surface area contributed by atoms with Crippen LogP contribution < -0.4 is 9.64 Å². The van der Waals surface area contributed by atoms with Crippen LogP contribution in [0.3, 0.4) is 0 Å². The van der Waals surface area contributed by atoms with E-state index in [0.717, 1.165) is 37.3 Å². The monoisotopic (exact) mass is 286 g/mol. The largest absolute Gasteiger partial charge is 0.480 e. The Hall–Kier alpha value is -2.21. The maximum absolute atomic E-state index is 9.59. The lowest BCUT2D eigenvalue weighted by Crippen LogP contribution is -2.36. The number of methoxy groups -OCH3 is 1. The summed E-state index contributed by atoms with van der Waals surface area (Å²) in [5.74, 6) is 1.99. The number of ether oxygens (including phenoxy) is 1. The number of rotatable bonds is 3. The highest BCUT2D eigenvalue weighted by molar-refractivity contribution is 5.62. The van der Waals surface area contributed by atoms with Gasteiger partial charge in [0.15, 0.2) is 5.82 Å². The van der Waals surface area contributed by atoms with Crippen molar-refractivity contribution in [1.29, 1.82) is 0 Å². The Bertz CT molecular complexity index is 612. The van der Waals surface area contributed by atoms with Crippen molar-refractivity contribution < 1.29 is 9.84 Å². The zero-order chi connectivity index (χ0) is 14.7. The SMILES string of the molecule is COc1ncccc1-c1nccc(N2CCC(O)CC2)n1. The van der Waals surface area contributed by atoms with E-state index in [0.29, 0.717) is 11.7 Å². The number of nitrogens with zero attached hydrogens (tertiary/aromatic N) is 4. The lowest BCUT2D eigenvalue weighted by molar-refractivity contribution is 0.145. The minimum absolute atomic E-state index is 0.194. The van der Waals surface area contributed by atoms with Crippen molar-refractivity contribution >= 4 is 5.82 Å². The average molecular weight is 286 g/mol. The molecular weight excluding hydrogens is 268 g/mol. The van der Waals surface area contributed by atoms with Crippen LogP contribution in [0.1, 0.15) is 12.8 Å². The summed E-state index contributed by atoms with van der Waals surface area (Å²) in [6.45, 7) is 1.61. The smallest absolute Gasteiger partial charge is 0.224 e. The summed E-state index contributed by atoms with van der Waals surface area (Å²) >= 11 is 0. The molecule has 0 amide bonds. The van der Waals surface area contributed by atoms with E-state index >= 15 is 0 Å². The van der Waals surface area contributed by atoms with Gasteiger partial charge >= 0.3 is 0 Å². The van der Waals surface area contributed by atoms with E-state index in [1.54, 1.807) is 19.5 Å². The predicted octanol–water partition coefficient (Wildman–Crippen LogP) is 1.51. The topological polar surface area (TPSA) is 71.4 Å². The van der Waals surface area contributed by atoms with Gasteiger partial charge in [-0.3, -0.25) is 0 Å². The van der Waals surface area contributed by atoms with Crippen molar-refractivity contribution in [1.82, 2.24) is 15.0 Å². The molecule has 1 aliphatic rings. The fourth-order valence-corrected chi connectivity index (χ4v) is 2.47. The van der Waals surface area contributed by atoms with E-state index in [9.17, 15) is 5.11 Å². The summed E-state index contributed by atoms with van der Waals surface area (Å²) < 4.78 is 5.26. The van der Waals surface area contributed by atoms with Crippen LogP contribution in [0.2, 0.25) is 0 Å². The number of hydrogen-bond acceptors (Lipinski definition) is 6. The first kappa shape index (κ1) is 13.8. The molecule has 6 heteroatoms. The summed E-state index contributed by atoms with van der Waals surface area (Å²) in [6.07, 6.45) is 4.78. The van der Waals surface area contributed by atoms with Crippen LogP contribution in [0.15, 0.2) is 30.6 Å². The molecule has 0 aromatic carbocycles. The number of pyridine rings is 1. The molecule has 6 nitrogen and oxygen atoms in total. The predicted molar refractivity (Wildman–Crippen MR) is 79.3 cm³/mol. The second-order valence-electron chi connectivity index (χ2n) is 5.02. The third-order valence-corrected chi connectivity index (χ3v) is 3.63. The standard InChI is InChI=1S/C15H18N4O2/c1-21-15-12(3-2-7-17-15)14-16-8-4-13(18-14)19-9-5-11(20)6-10-19/h2-4,7-8,11,20H,5-6,9-10H2,1H3. The van der Waals surface area contributed by atoms with Crippen LogP contribution in [-0.2, 0) is 0 Å². The number of hydrogen-bond donors (Lipinski definition) is 1. The number of anilines is 1. The zero-order valence-corrected chi connectivity index (χ0v) is 11.9. The number of aromatic nitrogens is 3. The first-order valence-electron chi connectivity index (χ1n) is 7.03. The summed E-state index contributed by atoms with van der Waals surface area (Å²) in [4.78, 5) is 15.3. The molecule has 0 aliphatic carbocycles. The van der Waals surface area contributed by atoms with Crippen LogP contribution in [0.5, 0.6) is 5.88 Å². The van der Waals surface area contributed by atoms with Crippen molar-refractivity contribution in [3.8, 4) is 17.3 Å². The summed E-state index contributed by atoms with van der Waals surface area (Å²) in [5, 5.41) is 9.59. The summed E-state index contributed by atoms with van der Waals surface area (Å²) in [5.41, 5.74) is 0.777. The highest BCUT2D eigenvalue weighted by Crippen LogP contribution is 2.26. The van der Waals surface area contributed by atoms with Gasteiger partial charge in [0.1, 0.15) is 5.82 Å². The van der Waals surface area contributed by atoms with Gasteiger partial charge in [0.25, 0.3) is 0 Å². The minimum atomic E-state index is -0.194. The Morgan fingerprint density at radius 2 is 2.00 bits per heavy atom. The Morgan fingerprint density at radius 1 is 1.19 bits per heavy atom. The van der Waals surface area contributed by atoms with Crippen LogP contribution in [0, 0.1) is 0 Å². The molecule has 110 valence electrons. The second kappa shape index (κ2) is 6.05. The Morgan fingerprint density at radius 3 is 2.76 bits per heavy atom. The number of aliphatic hydroxyl groups is 1. The van der Waals surface area contributed by atoms with E-state index < -0.39 is 0 Å². The first-order valence-corrected chi connectivity index (χ1v) is 7.03. The average Bonchev–Trinajstić information content (AvgIpc) is 2.55. The molecule has 0 bridgehead atoms. The lowest BCUT2D eigenvalue weighted by Gasteiger charge is -2.30. The zero-order valence-electron chi connectivity index (χ0n) is 11.9. The molecule has 2 aromatic rings. The third-order valence-electron chi connectivity index (χ3n) is 3.63. The quantitative estimate of drug-likeness (QED) is 0.922. The van der Waals surface area contributed by atoms with E-state index in [2.05, 4.69) is 19.9 Å². The summed E-state index contributed by atoms with van der Waals surface area (Å²) in [6, 6.07) is 5.63. The number of aliphatic hydroxyl groups excluding tert-OH is 1. The van der Waals surface area contributed by atoms with Gasteiger partial charge in [0.2, 0.25) is 5.88 Å². The molecule has 2 aromatic heterocycles. The second-order valence-corrected chi connectivity index (χ2v) is 5.02. The fourth-order valence-electron chi connectivity index (χ4n) is 2.47. The van der Waals surface area contributed by atoms with Crippen LogP contribution in [-0.4, -0.2) is 46.4 Å². The summed E-state index contributed by atoms with van der Waals surface area (Å²) in [7, 11) is 1.59. The van der Waals surface area contributed by atoms with E-state index in [1.165, 1.54) is 0 Å². The molecule has 1 fully saturated rings. The van der Waals surface area contributed by atoms with Gasteiger partial charge in [-0.1, -0.05) is 0 Å². The van der Waals surface area contributed by atoms with Crippen molar-refractivity contribution in [3.05, 3.63) is 30.6 Å². The van der Waals surface area contributed by atoms with Crippen LogP contribution in [0.25, 0.3) is 11.4 Å². The Balaban J connectivity index is 1.89. The van der Waals surface area contributed by atoms with Gasteiger partial charge in [-0.15, -0.1) is 0 Å². The fraction of sp³-hybridized carbons (Fsp3) is 0.400. The van der Waals surface area contributed by atoms with E-state index in [1.807, 2.05) is 18.2 Å². The molecule has 21 heavy (non-hydrogen) atoms. The molecule has 0 saturated carbocycles. The molecule has 1 aliphatic heterocycles. The van der Waals surface area contributed by atoms with Gasteiger partial charge in [-0.05, 0) is 31.0 Å². The van der Waals surface area contributed by atoms with Crippen molar-refractivity contribution in [2.75, 3.05) is 25.1 Å². The van der Waals surface area contributed by atoms with Gasteiger partial charge < -0.3 is 14.7 Å². The molecule has 1 N–H and O–H groups in total. The number of piperidine rings is 1. The van der Waals surface area contributed by atoms with Gasteiger partial charge in [0, 0.05) is 25.5 Å². The van der Waals surface area contributed by atoms with Gasteiger partial charge in [-0.25, -0.2) is 15.0 Å². The first-order chi connectivity index (χ1) is 10.3. The lowest BCUT2D eigenvalue weighted by atomic mass is 10.1. The highest BCUT2D eigenvalue weighted by Gasteiger charge is 2.19. The Labute approximate surface area is 123 Å². The molecule has 0 unspecified atom stereocenters. The van der Waals surface area contributed by atoms with Gasteiger partial charge in [-0.2, -0.15) is 0 Å². The molecule has 0 atom stereocenters. The molecule has 3 heterocycles. The van der Waals surface area contributed by atoms with Gasteiger partial charge in [0.05, 0.1) is 18.8 Å². The van der Waals surface area contributed by atoms with Crippen LogP contribution in [0.4, 0.5) is 5.82 Å². The maximum Gasteiger partial charge on any atom is 0.224 e. The third kappa shape index (κ3) is 2.95. The van der Waals surface area contributed by atoms with E-state index in [4.69, 9.17) is 4.74 Å². The minimum Gasteiger partial charge on any atom is -0.480 e. The Kier molecular flexibility index (Phi) is 3.96. The highest BCUT2D eigenvalue weighted by atomic mass is 16.5. The molecule has 0 spiro atoms. The normalized spacial score (nSPS) is 16.0. The van der Waals surface area contributed by atoms with E-state index in [-0.39, 0.29) is 6.10 Å². The molecule has 3 rings (SSSR count). The molecule has 1 saturated heterocycles. The van der Waals surface area contributed by atoms with Crippen molar-refractivity contribution in [2.45, 2.75) is 18.9 Å². The maximum atomic E-state index is 9.59. The van der Waals surface area contributed by atoms with Crippen molar-refractivity contribution in [2.24, 2.45) is 0 Å². The van der Waals surface area contributed by atoms with Crippen LogP contribution >= 0.6 is 0 Å². The molecular formula is C15H18N4O2. The van der Waals surface area contributed by atoms with Crippen molar-refractivity contribution in [3.63, 3.8) is 0 Å². The molecule has 0 radical (unpaired) electrons.